The molecular weight excluding hydrogens is 232 g/mol. The Bertz CT molecular complexity index is 208. The van der Waals surface area contributed by atoms with Crippen LogP contribution in [0.15, 0.2) is 12.7 Å². The summed E-state index contributed by atoms with van der Waals surface area (Å²) in [6.45, 7) is 5.82. The number of allylic oxidation sites excluding steroid dienone is 1. The third kappa shape index (κ3) is 15.4. The van der Waals surface area contributed by atoms with Crippen molar-refractivity contribution in [3.63, 3.8) is 0 Å². The minimum absolute atomic E-state index is 0.460. The maximum Gasteiger partial charge on any atom is 0.132 e. The van der Waals surface area contributed by atoms with E-state index < -0.39 is 0 Å². The molecular formula is C18H34O. The van der Waals surface area contributed by atoms with Crippen LogP contribution in [-0.2, 0) is 4.79 Å². The molecule has 0 spiro atoms. The van der Waals surface area contributed by atoms with Crippen LogP contribution in [0.1, 0.15) is 96.8 Å². The zero-order valence-corrected chi connectivity index (χ0v) is 13.1. The summed E-state index contributed by atoms with van der Waals surface area (Å²) in [5.74, 6) is 0.460. The monoisotopic (exact) mass is 266 g/mol. The molecule has 0 rings (SSSR count). The number of unbranched alkanes of at least 4 members (excludes halogenated alkanes) is 10. The molecule has 0 radical (unpaired) electrons. The molecule has 0 saturated carbocycles. The second kappa shape index (κ2) is 15.5. The van der Waals surface area contributed by atoms with E-state index in [-0.39, 0.29) is 0 Å². The Labute approximate surface area is 120 Å². The van der Waals surface area contributed by atoms with Crippen molar-refractivity contribution < 1.29 is 4.79 Å². The van der Waals surface area contributed by atoms with Gasteiger partial charge in [0.25, 0.3) is 0 Å². The van der Waals surface area contributed by atoms with Gasteiger partial charge < -0.3 is 0 Å². The van der Waals surface area contributed by atoms with Crippen LogP contribution in [-0.4, -0.2) is 5.78 Å². The fourth-order valence-corrected chi connectivity index (χ4v) is 2.43. The molecule has 0 bridgehead atoms. The van der Waals surface area contributed by atoms with Crippen LogP contribution in [0.4, 0.5) is 0 Å². The predicted molar refractivity (Wildman–Crippen MR) is 85.5 cm³/mol. The first-order valence-electron chi connectivity index (χ1n) is 8.43. The van der Waals surface area contributed by atoms with Crippen molar-refractivity contribution in [2.24, 2.45) is 0 Å². The third-order valence-corrected chi connectivity index (χ3v) is 3.64. The van der Waals surface area contributed by atoms with E-state index in [1.54, 1.807) is 0 Å². The van der Waals surface area contributed by atoms with Gasteiger partial charge >= 0.3 is 0 Å². The Hall–Kier alpha value is -0.590. The molecule has 1 nitrogen and oxygen atoms in total. The van der Waals surface area contributed by atoms with Crippen molar-refractivity contribution in [3.05, 3.63) is 12.7 Å². The van der Waals surface area contributed by atoms with E-state index >= 15 is 0 Å². The van der Waals surface area contributed by atoms with Gasteiger partial charge in [-0.2, -0.15) is 0 Å². The van der Waals surface area contributed by atoms with E-state index in [0.29, 0.717) is 5.78 Å². The molecule has 0 unspecified atom stereocenters. The van der Waals surface area contributed by atoms with Crippen molar-refractivity contribution in [1.82, 2.24) is 0 Å². The molecule has 1 heteroatoms. The summed E-state index contributed by atoms with van der Waals surface area (Å²) in [6.07, 6.45) is 19.1. The van der Waals surface area contributed by atoms with E-state index in [4.69, 9.17) is 0 Å². The van der Waals surface area contributed by atoms with Crippen LogP contribution in [0.25, 0.3) is 0 Å². The summed E-state index contributed by atoms with van der Waals surface area (Å²) in [7, 11) is 0. The molecule has 0 aromatic heterocycles. The molecule has 0 aromatic rings. The van der Waals surface area contributed by atoms with Gasteiger partial charge in [-0.3, -0.25) is 4.79 Å². The average Bonchev–Trinajstić information content (AvgIpc) is 2.40. The van der Waals surface area contributed by atoms with Gasteiger partial charge in [-0.15, -0.1) is 6.58 Å². The number of hydrogen-bond donors (Lipinski definition) is 0. The number of hydrogen-bond acceptors (Lipinski definition) is 1. The highest BCUT2D eigenvalue weighted by atomic mass is 16.1. The van der Waals surface area contributed by atoms with Crippen LogP contribution in [0.5, 0.6) is 0 Å². The number of rotatable bonds is 15. The van der Waals surface area contributed by atoms with Crippen LogP contribution >= 0.6 is 0 Å². The molecule has 0 aliphatic carbocycles. The van der Waals surface area contributed by atoms with Crippen molar-refractivity contribution in [1.29, 1.82) is 0 Å². The maximum absolute atomic E-state index is 11.3. The summed E-state index contributed by atoms with van der Waals surface area (Å²) in [5.41, 5.74) is 0. The van der Waals surface area contributed by atoms with Gasteiger partial charge in [-0.25, -0.2) is 0 Å². The van der Waals surface area contributed by atoms with Crippen molar-refractivity contribution >= 4 is 5.78 Å². The van der Waals surface area contributed by atoms with E-state index in [0.717, 1.165) is 25.7 Å². The lowest BCUT2D eigenvalue weighted by Gasteiger charge is -2.02. The van der Waals surface area contributed by atoms with E-state index in [1.807, 2.05) is 6.08 Å². The van der Waals surface area contributed by atoms with Gasteiger partial charge in [-0.1, -0.05) is 64.4 Å². The summed E-state index contributed by atoms with van der Waals surface area (Å²) in [4.78, 5) is 11.3. The Balaban J connectivity index is 3.02. The van der Waals surface area contributed by atoms with E-state index in [1.165, 1.54) is 64.2 Å². The predicted octanol–water partition coefficient (Wildman–Crippen LogP) is 6.22. The van der Waals surface area contributed by atoms with E-state index in [2.05, 4.69) is 13.5 Å². The minimum atomic E-state index is 0.460. The second-order valence-corrected chi connectivity index (χ2v) is 5.65. The normalized spacial score (nSPS) is 10.6. The molecule has 0 fully saturated rings. The summed E-state index contributed by atoms with van der Waals surface area (Å²) < 4.78 is 0. The molecule has 0 amide bonds. The van der Waals surface area contributed by atoms with Gasteiger partial charge in [0.05, 0.1) is 0 Å². The summed E-state index contributed by atoms with van der Waals surface area (Å²) in [5, 5.41) is 0. The first kappa shape index (κ1) is 18.4. The van der Waals surface area contributed by atoms with Crippen molar-refractivity contribution in [3.8, 4) is 0 Å². The molecule has 0 atom stereocenters. The zero-order valence-electron chi connectivity index (χ0n) is 13.1. The number of Topliss-reactive ketones (excluding diaryl/α,β-unsaturated/α-hetero) is 1. The van der Waals surface area contributed by atoms with Crippen LogP contribution in [0.2, 0.25) is 0 Å². The Kier molecular flexibility index (Phi) is 15.0. The molecule has 0 aromatic carbocycles. The fraction of sp³-hybridized carbons (Fsp3) is 0.833. The highest BCUT2D eigenvalue weighted by Crippen LogP contribution is 2.12. The maximum atomic E-state index is 11.3. The fourth-order valence-electron chi connectivity index (χ4n) is 2.43. The largest absolute Gasteiger partial charge is 0.300 e. The SMILES string of the molecule is C=CCCCCCCCCCCCCC(=O)CCC. The highest BCUT2D eigenvalue weighted by molar-refractivity contribution is 5.78. The first-order chi connectivity index (χ1) is 9.31. The van der Waals surface area contributed by atoms with E-state index in [9.17, 15) is 4.79 Å². The average molecular weight is 266 g/mol. The minimum Gasteiger partial charge on any atom is -0.300 e. The summed E-state index contributed by atoms with van der Waals surface area (Å²) in [6, 6.07) is 0. The molecule has 0 saturated heterocycles. The smallest absolute Gasteiger partial charge is 0.132 e. The molecule has 112 valence electrons. The second-order valence-electron chi connectivity index (χ2n) is 5.65. The van der Waals surface area contributed by atoms with Gasteiger partial charge in [0, 0.05) is 12.8 Å². The molecule has 0 aliphatic rings. The lowest BCUT2D eigenvalue weighted by Crippen LogP contribution is -1.96. The molecule has 0 aliphatic heterocycles. The molecule has 0 heterocycles. The standard InChI is InChI=1S/C18H34O/c1-3-5-6-7-8-9-10-11-12-13-14-15-17-18(19)16-4-2/h3H,1,4-17H2,2H3. The Morgan fingerprint density at radius 1 is 0.789 bits per heavy atom. The lowest BCUT2D eigenvalue weighted by atomic mass is 10.0. The van der Waals surface area contributed by atoms with Crippen LogP contribution in [0.3, 0.4) is 0 Å². The Morgan fingerprint density at radius 3 is 1.74 bits per heavy atom. The third-order valence-electron chi connectivity index (χ3n) is 3.64. The van der Waals surface area contributed by atoms with Crippen molar-refractivity contribution in [2.45, 2.75) is 96.8 Å². The lowest BCUT2D eigenvalue weighted by molar-refractivity contribution is -0.119. The number of carbonyl (C=O) groups excluding carboxylic acids is 1. The van der Waals surface area contributed by atoms with Crippen LogP contribution < -0.4 is 0 Å². The quantitative estimate of drug-likeness (QED) is 0.254. The summed E-state index contributed by atoms with van der Waals surface area (Å²) >= 11 is 0. The zero-order chi connectivity index (χ0) is 14.2. The number of carbonyl (C=O) groups is 1. The number of ketones is 1. The van der Waals surface area contributed by atoms with Crippen LogP contribution in [0, 0.1) is 0 Å². The highest BCUT2D eigenvalue weighted by Gasteiger charge is 1.99. The topological polar surface area (TPSA) is 17.1 Å². The molecule has 19 heavy (non-hydrogen) atoms. The van der Waals surface area contributed by atoms with Gasteiger partial charge in [-0.05, 0) is 25.7 Å². The van der Waals surface area contributed by atoms with Gasteiger partial charge in [0.15, 0.2) is 0 Å². The van der Waals surface area contributed by atoms with Gasteiger partial charge in [0.1, 0.15) is 5.78 Å². The van der Waals surface area contributed by atoms with Crippen molar-refractivity contribution in [2.75, 3.05) is 0 Å². The van der Waals surface area contributed by atoms with Gasteiger partial charge in [0.2, 0.25) is 0 Å². The first-order valence-corrected chi connectivity index (χ1v) is 8.43. The Morgan fingerprint density at radius 2 is 1.26 bits per heavy atom. The molecule has 0 N–H and O–H groups in total.